The second-order valence-electron chi connectivity index (χ2n) is 13.5. The minimum absolute atomic E-state index is 0.0256. The maximum Gasteiger partial charge on any atom is 0.419 e. The maximum atomic E-state index is 12.7. The summed E-state index contributed by atoms with van der Waals surface area (Å²) in [6.45, 7) is 21.1. The molecule has 0 radical (unpaired) electrons. The minimum Gasteiger partial charge on any atom is -0.443 e. The lowest BCUT2D eigenvalue weighted by Crippen LogP contribution is -2.44. The molecular formula is C28H51BrN2O8. The lowest BCUT2D eigenvalue weighted by Gasteiger charge is -2.29. The first kappa shape index (κ1) is 37.0. The monoisotopic (exact) mass is 622 g/mol. The van der Waals surface area contributed by atoms with Gasteiger partial charge in [-0.15, -0.1) is 0 Å². The smallest absolute Gasteiger partial charge is 0.419 e. The van der Waals surface area contributed by atoms with Crippen molar-refractivity contribution in [1.29, 1.82) is 0 Å². The van der Waals surface area contributed by atoms with E-state index in [-0.39, 0.29) is 17.9 Å². The SMILES string of the molecule is CC(C)(C)OC(=O)N(CCCCCC(Br)CCN(C(=O)OC(C)(C)C)C(=O)OC(C)(C)C)C(=O)OC(C)(C)C. The zero-order valence-corrected chi connectivity index (χ0v) is 27.7. The molecule has 0 aromatic rings. The number of hydrogen-bond donors (Lipinski definition) is 0. The summed E-state index contributed by atoms with van der Waals surface area (Å²) in [5, 5.41) is 0. The van der Waals surface area contributed by atoms with E-state index in [0.29, 0.717) is 12.8 Å². The topological polar surface area (TPSA) is 112 Å². The number of rotatable bonds is 9. The van der Waals surface area contributed by atoms with E-state index in [4.69, 9.17) is 18.9 Å². The molecule has 10 nitrogen and oxygen atoms in total. The van der Waals surface area contributed by atoms with Gasteiger partial charge in [-0.3, -0.25) is 0 Å². The molecule has 11 heteroatoms. The van der Waals surface area contributed by atoms with Crippen molar-refractivity contribution in [3.8, 4) is 0 Å². The van der Waals surface area contributed by atoms with Crippen LogP contribution in [0.4, 0.5) is 19.2 Å². The molecule has 0 N–H and O–H groups in total. The van der Waals surface area contributed by atoms with Gasteiger partial charge in [0.15, 0.2) is 0 Å². The van der Waals surface area contributed by atoms with Crippen molar-refractivity contribution < 1.29 is 38.1 Å². The van der Waals surface area contributed by atoms with Crippen LogP contribution in [0, 0.1) is 0 Å². The number of halogens is 1. The number of alkyl halides is 1. The van der Waals surface area contributed by atoms with E-state index in [9.17, 15) is 19.2 Å². The molecule has 0 aromatic carbocycles. The highest BCUT2D eigenvalue weighted by Gasteiger charge is 2.32. The van der Waals surface area contributed by atoms with E-state index in [2.05, 4.69) is 15.9 Å². The molecular weight excluding hydrogens is 572 g/mol. The van der Waals surface area contributed by atoms with Gasteiger partial charge < -0.3 is 18.9 Å². The highest BCUT2D eigenvalue weighted by atomic mass is 79.9. The molecule has 0 saturated heterocycles. The van der Waals surface area contributed by atoms with Crippen LogP contribution < -0.4 is 0 Å². The van der Waals surface area contributed by atoms with Crippen LogP contribution in [0.5, 0.6) is 0 Å². The third-order valence-electron chi connectivity index (χ3n) is 4.52. The van der Waals surface area contributed by atoms with Crippen LogP contribution in [0.25, 0.3) is 0 Å². The number of nitrogens with zero attached hydrogens (tertiary/aromatic N) is 2. The van der Waals surface area contributed by atoms with Crippen molar-refractivity contribution in [2.24, 2.45) is 0 Å². The van der Waals surface area contributed by atoms with E-state index < -0.39 is 46.8 Å². The summed E-state index contributed by atoms with van der Waals surface area (Å²) in [6.07, 6.45) is 0.397. The molecule has 39 heavy (non-hydrogen) atoms. The largest absolute Gasteiger partial charge is 0.443 e. The molecule has 0 aliphatic heterocycles. The number of amides is 4. The van der Waals surface area contributed by atoms with Crippen molar-refractivity contribution in [3.63, 3.8) is 0 Å². The third-order valence-corrected chi connectivity index (χ3v) is 5.44. The van der Waals surface area contributed by atoms with Gasteiger partial charge in [-0.2, -0.15) is 0 Å². The quantitative estimate of drug-likeness (QED) is 0.144. The molecule has 0 saturated carbocycles. The highest BCUT2D eigenvalue weighted by molar-refractivity contribution is 9.09. The molecule has 4 amide bonds. The Labute approximate surface area is 243 Å². The molecule has 0 bridgehead atoms. The van der Waals surface area contributed by atoms with Crippen molar-refractivity contribution in [2.75, 3.05) is 13.1 Å². The molecule has 0 fully saturated rings. The Morgan fingerprint density at radius 1 is 0.513 bits per heavy atom. The average molecular weight is 624 g/mol. The van der Waals surface area contributed by atoms with E-state index in [1.807, 2.05) is 0 Å². The summed E-state index contributed by atoms with van der Waals surface area (Å²) < 4.78 is 21.6. The van der Waals surface area contributed by atoms with Gasteiger partial charge in [0.05, 0.1) is 0 Å². The molecule has 0 aromatic heterocycles. The summed E-state index contributed by atoms with van der Waals surface area (Å²) >= 11 is 3.63. The van der Waals surface area contributed by atoms with Crippen LogP contribution in [0.2, 0.25) is 0 Å². The summed E-state index contributed by atoms with van der Waals surface area (Å²) in [4.78, 5) is 52.5. The van der Waals surface area contributed by atoms with E-state index in [1.54, 1.807) is 83.1 Å². The lowest BCUT2D eigenvalue weighted by molar-refractivity contribution is -0.00107. The first-order valence-corrected chi connectivity index (χ1v) is 14.4. The standard InChI is InChI=1S/C28H51BrN2O8/c1-25(2,3)36-21(32)30(22(33)37-26(4,5)6)18-15-13-14-16-20(29)17-19-31(23(34)38-27(7,8)9)24(35)39-28(10,11)12/h20H,13-19H2,1-12H3. The fourth-order valence-electron chi connectivity index (χ4n) is 3.01. The van der Waals surface area contributed by atoms with Gasteiger partial charge in [0.2, 0.25) is 0 Å². The first-order valence-electron chi connectivity index (χ1n) is 13.5. The number of ether oxygens (including phenoxy) is 4. The van der Waals surface area contributed by atoms with Crippen LogP contribution in [-0.4, -0.2) is 74.5 Å². The molecule has 0 aliphatic rings. The van der Waals surface area contributed by atoms with Gasteiger partial charge in [0, 0.05) is 17.9 Å². The van der Waals surface area contributed by atoms with Gasteiger partial charge in [-0.05, 0) is 102 Å². The van der Waals surface area contributed by atoms with Crippen LogP contribution >= 0.6 is 15.9 Å². The Kier molecular flexibility index (Phi) is 14.3. The maximum absolute atomic E-state index is 12.7. The predicted octanol–water partition coefficient (Wildman–Crippen LogP) is 8.04. The summed E-state index contributed by atoms with van der Waals surface area (Å²) in [6, 6.07) is 0. The molecule has 0 spiro atoms. The number of imide groups is 2. The summed E-state index contributed by atoms with van der Waals surface area (Å²) in [5.74, 6) is 0. The Bertz CT molecular complexity index is 763. The average Bonchev–Trinajstić information content (AvgIpc) is 2.64. The number of carbonyl (C=O) groups is 4. The summed E-state index contributed by atoms with van der Waals surface area (Å²) in [7, 11) is 0. The fourth-order valence-corrected chi connectivity index (χ4v) is 3.54. The van der Waals surface area contributed by atoms with Crippen molar-refractivity contribution in [2.45, 2.75) is 142 Å². The van der Waals surface area contributed by atoms with E-state index in [1.165, 1.54) is 0 Å². The molecule has 0 rings (SSSR count). The lowest BCUT2D eigenvalue weighted by atomic mass is 10.1. The fraction of sp³-hybridized carbons (Fsp3) is 0.857. The molecule has 0 aliphatic carbocycles. The van der Waals surface area contributed by atoms with Crippen LogP contribution in [0.3, 0.4) is 0 Å². The Balaban J connectivity index is 4.94. The first-order chi connectivity index (χ1) is 17.4. The van der Waals surface area contributed by atoms with Crippen LogP contribution in [0.1, 0.15) is 115 Å². The molecule has 0 heterocycles. The highest BCUT2D eigenvalue weighted by Crippen LogP contribution is 2.20. The molecule has 228 valence electrons. The predicted molar refractivity (Wildman–Crippen MR) is 154 cm³/mol. The van der Waals surface area contributed by atoms with Gasteiger partial charge in [-0.25, -0.2) is 29.0 Å². The summed E-state index contributed by atoms with van der Waals surface area (Å²) in [5.41, 5.74) is -2.99. The zero-order valence-electron chi connectivity index (χ0n) is 26.1. The third kappa shape index (κ3) is 18.8. The van der Waals surface area contributed by atoms with Gasteiger partial charge >= 0.3 is 24.4 Å². The second kappa shape index (κ2) is 15.1. The van der Waals surface area contributed by atoms with Crippen LogP contribution in [-0.2, 0) is 18.9 Å². The van der Waals surface area contributed by atoms with Crippen molar-refractivity contribution in [1.82, 2.24) is 9.80 Å². The van der Waals surface area contributed by atoms with Crippen molar-refractivity contribution in [3.05, 3.63) is 0 Å². The molecule has 1 unspecified atom stereocenters. The Morgan fingerprint density at radius 2 is 0.821 bits per heavy atom. The number of carbonyl (C=O) groups excluding carboxylic acids is 4. The minimum atomic E-state index is -0.752. The van der Waals surface area contributed by atoms with Crippen molar-refractivity contribution >= 4 is 40.3 Å². The Hall–Kier alpha value is -2.04. The van der Waals surface area contributed by atoms with Gasteiger partial charge in [0.25, 0.3) is 0 Å². The molecule has 1 atom stereocenters. The van der Waals surface area contributed by atoms with E-state index in [0.717, 1.165) is 29.1 Å². The normalized spacial score (nSPS) is 13.3. The van der Waals surface area contributed by atoms with Crippen LogP contribution in [0.15, 0.2) is 0 Å². The number of hydrogen-bond acceptors (Lipinski definition) is 8. The van der Waals surface area contributed by atoms with Gasteiger partial charge in [0.1, 0.15) is 22.4 Å². The zero-order chi connectivity index (χ0) is 30.8. The Morgan fingerprint density at radius 3 is 1.13 bits per heavy atom. The van der Waals surface area contributed by atoms with Gasteiger partial charge in [-0.1, -0.05) is 28.8 Å². The van der Waals surface area contributed by atoms with E-state index >= 15 is 0 Å². The second-order valence-corrected chi connectivity index (χ2v) is 14.8. The number of unbranched alkanes of at least 4 members (excludes halogenated alkanes) is 2.